The van der Waals surface area contributed by atoms with E-state index in [9.17, 15) is 0 Å². The third kappa shape index (κ3) is 3.39. The Labute approximate surface area is 126 Å². The van der Waals surface area contributed by atoms with Gasteiger partial charge in [-0.25, -0.2) is 4.68 Å². The molecule has 0 aliphatic carbocycles. The molecule has 1 aliphatic rings. The Morgan fingerprint density at radius 3 is 2.80 bits per heavy atom. The average Bonchev–Trinajstić information content (AvgIpc) is 2.91. The maximum atomic E-state index is 4.66. The van der Waals surface area contributed by atoms with E-state index in [0.29, 0.717) is 6.04 Å². The lowest BCUT2D eigenvalue weighted by Gasteiger charge is -2.33. The summed E-state index contributed by atoms with van der Waals surface area (Å²) >= 11 is 0. The van der Waals surface area contributed by atoms with Crippen molar-refractivity contribution >= 4 is 12.4 Å². The van der Waals surface area contributed by atoms with Crippen LogP contribution in [-0.2, 0) is 6.54 Å². The second-order valence-electron chi connectivity index (χ2n) is 5.11. The molecule has 20 heavy (non-hydrogen) atoms. The highest BCUT2D eigenvalue weighted by molar-refractivity contribution is 5.85. The van der Waals surface area contributed by atoms with Crippen molar-refractivity contribution in [1.29, 1.82) is 0 Å². The molecule has 1 unspecified atom stereocenters. The molecular formula is C15H21ClN4. The van der Waals surface area contributed by atoms with Gasteiger partial charge in [-0.3, -0.25) is 4.90 Å². The third-order valence-corrected chi connectivity index (χ3v) is 3.67. The molecule has 0 bridgehead atoms. The summed E-state index contributed by atoms with van der Waals surface area (Å²) in [6, 6.07) is 12.9. The Morgan fingerprint density at radius 2 is 2.05 bits per heavy atom. The number of hydrogen-bond donors (Lipinski definition) is 1. The van der Waals surface area contributed by atoms with Gasteiger partial charge >= 0.3 is 0 Å². The molecule has 5 heteroatoms. The van der Waals surface area contributed by atoms with Gasteiger partial charge in [0.25, 0.3) is 0 Å². The Hall–Kier alpha value is -1.36. The predicted molar refractivity (Wildman–Crippen MR) is 83.6 cm³/mol. The van der Waals surface area contributed by atoms with Crippen LogP contribution in [0.4, 0.5) is 0 Å². The number of piperazine rings is 1. The summed E-state index contributed by atoms with van der Waals surface area (Å²) in [5, 5.41) is 8.08. The van der Waals surface area contributed by atoms with Crippen LogP contribution >= 0.6 is 12.4 Å². The zero-order valence-electron chi connectivity index (χ0n) is 11.7. The molecule has 108 valence electrons. The normalized spacial score (nSPS) is 19.6. The van der Waals surface area contributed by atoms with Gasteiger partial charge in [0, 0.05) is 38.4 Å². The number of halogens is 1. The van der Waals surface area contributed by atoms with Gasteiger partial charge in [0.2, 0.25) is 0 Å². The highest BCUT2D eigenvalue weighted by Crippen LogP contribution is 2.11. The van der Waals surface area contributed by atoms with Crippen LogP contribution in [0.25, 0.3) is 5.69 Å². The molecule has 1 N–H and O–H groups in total. The highest BCUT2D eigenvalue weighted by Gasteiger charge is 2.18. The molecule has 1 aromatic carbocycles. The zero-order chi connectivity index (χ0) is 13.1. The van der Waals surface area contributed by atoms with Crippen LogP contribution in [0.2, 0.25) is 0 Å². The van der Waals surface area contributed by atoms with E-state index in [1.807, 2.05) is 29.1 Å². The molecule has 2 aromatic rings. The highest BCUT2D eigenvalue weighted by atomic mass is 35.5. The van der Waals surface area contributed by atoms with Crippen LogP contribution in [0.3, 0.4) is 0 Å². The van der Waals surface area contributed by atoms with Gasteiger partial charge in [0.1, 0.15) is 0 Å². The minimum Gasteiger partial charge on any atom is -0.314 e. The maximum absolute atomic E-state index is 4.66. The first kappa shape index (κ1) is 15.0. The number of benzene rings is 1. The van der Waals surface area contributed by atoms with Crippen LogP contribution < -0.4 is 5.32 Å². The zero-order valence-corrected chi connectivity index (χ0v) is 12.5. The van der Waals surface area contributed by atoms with E-state index in [4.69, 9.17) is 0 Å². The van der Waals surface area contributed by atoms with Crippen molar-refractivity contribution in [2.24, 2.45) is 0 Å². The van der Waals surface area contributed by atoms with Crippen LogP contribution in [0, 0.1) is 0 Å². The Bertz CT molecular complexity index is 526. The molecule has 1 aliphatic heterocycles. The van der Waals surface area contributed by atoms with Gasteiger partial charge in [0.05, 0.1) is 11.4 Å². The summed E-state index contributed by atoms with van der Waals surface area (Å²) in [7, 11) is 0. The Kier molecular flexibility index (Phi) is 5.17. The topological polar surface area (TPSA) is 33.1 Å². The second kappa shape index (κ2) is 6.88. The van der Waals surface area contributed by atoms with Gasteiger partial charge in [-0.05, 0) is 25.1 Å². The largest absolute Gasteiger partial charge is 0.314 e. The molecule has 3 rings (SSSR count). The molecule has 1 saturated heterocycles. The summed E-state index contributed by atoms with van der Waals surface area (Å²) in [4.78, 5) is 2.48. The van der Waals surface area contributed by atoms with Gasteiger partial charge in [-0.1, -0.05) is 18.2 Å². The van der Waals surface area contributed by atoms with Crippen LogP contribution in [0.5, 0.6) is 0 Å². The standard InChI is InChI=1S/C15H20N4.ClH/c1-13-11-16-8-10-18(13)12-14-7-9-19(17-14)15-5-3-2-4-6-15;/h2-7,9,13,16H,8,10-12H2,1H3;1H. The smallest absolute Gasteiger partial charge is 0.0769 e. The van der Waals surface area contributed by atoms with E-state index in [0.717, 1.165) is 37.6 Å². The van der Waals surface area contributed by atoms with Crippen molar-refractivity contribution in [1.82, 2.24) is 20.0 Å². The van der Waals surface area contributed by atoms with Crippen molar-refractivity contribution in [3.8, 4) is 5.69 Å². The molecule has 1 fully saturated rings. The number of nitrogens with zero attached hydrogens (tertiary/aromatic N) is 3. The van der Waals surface area contributed by atoms with Crippen LogP contribution in [0.1, 0.15) is 12.6 Å². The molecule has 2 heterocycles. The van der Waals surface area contributed by atoms with E-state index in [-0.39, 0.29) is 12.4 Å². The SMILES string of the molecule is CC1CNCCN1Cc1ccn(-c2ccccc2)n1.Cl. The molecule has 1 atom stereocenters. The van der Waals surface area contributed by atoms with E-state index >= 15 is 0 Å². The van der Waals surface area contributed by atoms with Gasteiger partial charge in [0.15, 0.2) is 0 Å². The number of aromatic nitrogens is 2. The molecule has 1 aromatic heterocycles. The van der Waals surface area contributed by atoms with E-state index < -0.39 is 0 Å². The molecule has 0 spiro atoms. The molecule has 4 nitrogen and oxygen atoms in total. The third-order valence-electron chi connectivity index (χ3n) is 3.67. The fourth-order valence-corrected chi connectivity index (χ4v) is 2.50. The van der Waals surface area contributed by atoms with Crippen LogP contribution in [-0.4, -0.2) is 40.4 Å². The molecule has 0 saturated carbocycles. The Morgan fingerprint density at radius 1 is 1.25 bits per heavy atom. The fourth-order valence-electron chi connectivity index (χ4n) is 2.50. The molecule has 0 amide bonds. The van der Waals surface area contributed by atoms with Crippen LogP contribution in [0.15, 0.2) is 42.6 Å². The number of nitrogens with one attached hydrogen (secondary N) is 1. The van der Waals surface area contributed by atoms with E-state index in [2.05, 4.69) is 40.4 Å². The molecule has 0 radical (unpaired) electrons. The van der Waals surface area contributed by atoms with Gasteiger partial charge < -0.3 is 5.32 Å². The number of rotatable bonds is 3. The summed E-state index contributed by atoms with van der Waals surface area (Å²) in [5.74, 6) is 0. The van der Waals surface area contributed by atoms with Crippen molar-refractivity contribution in [2.75, 3.05) is 19.6 Å². The second-order valence-corrected chi connectivity index (χ2v) is 5.11. The number of hydrogen-bond acceptors (Lipinski definition) is 3. The quantitative estimate of drug-likeness (QED) is 0.940. The van der Waals surface area contributed by atoms with Crippen molar-refractivity contribution in [3.63, 3.8) is 0 Å². The molecular weight excluding hydrogens is 272 g/mol. The van der Waals surface area contributed by atoms with Gasteiger partial charge in [-0.2, -0.15) is 5.10 Å². The van der Waals surface area contributed by atoms with E-state index in [1.54, 1.807) is 0 Å². The summed E-state index contributed by atoms with van der Waals surface area (Å²) in [5.41, 5.74) is 2.25. The monoisotopic (exact) mass is 292 g/mol. The summed E-state index contributed by atoms with van der Waals surface area (Å²) < 4.78 is 1.95. The summed E-state index contributed by atoms with van der Waals surface area (Å²) in [6.45, 7) is 6.44. The Balaban J connectivity index is 0.00000147. The average molecular weight is 293 g/mol. The lowest BCUT2D eigenvalue weighted by atomic mass is 10.2. The first-order chi connectivity index (χ1) is 9.33. The first-order valence-corrected chi connectivity index (χ1v) is 6.88. The number of para-hydroxylation sites is 1. The summed E-state index contributed by atoms with van der Waals surface area (Å²) in [6.07, 6.45) is 2.04. The van der Waals surface area contributed by atoms with Crippen molar-refractivity contribution in [2.45, 2.75) is 19.5 Å². The van der Waals surface area contributed by atoms with Gasteiger partial charge in [-0.15, -0.1) is 12.4 Å². The maximum Gasteiger partial charge on any atom is 0.0769 e. The first-order valence-electron chi connectivity index (χ1n) is 6.88. The predicted octanol–water partition coefficient (Wildman–Crippen LogP) is 2.09. The fraction of sp³-hybridized carbons (Fsp3) is 0.400. The lowest BCUT2D eigenvalue weighted by Crippen LogP contribution is -2.49. The van der Waals surface area contributed by atoms with Crippen molar-refractivity contribution in [3.05, 3.63) is 48.3 Å². The minimum absolute atomic E-state index is 0. The minimum atomic E-state index is 0. The van der Waals surface area contributed by atoms with Crippen molar-refractivity contribution < 1.29 is 0 Å². The lowest BCUT2D eigenvalue weighted by molar-refractivity contribution is 0.163. The van der Waals surface area contributed by atoms with E-state index in [1.165, 1.54) is 0 Å².